The standard InChI is InChI=1S/C7H7N5S2/c1-4-10-11-7(14-4)12-3-2-9-6(12)5(8)13/h2-3H,1H3,(H2,8,13). The normalized spacial score (nSPS) is 10.4. The average molecular weight is 225 g/mol. The third-order valence-corrected chi connectivity index (χ3v) is 2.60. The zero-order valence-electron chi connectivity index (χ0n) is 7.34. The molecule has 0 spiro atoms. The SMILES string of the molecule is Cc1nnc(-n2ccnc2C(N)=S)s1. The van der Waals surface area contributed by atoms with Gasteiger partial charge in [0.1, 0.15) is 10.00 Å². The second-order valence-corrected chi connectivity index (χ2v) is 4.19. The van der Waals surface area contributed by atoms with Crippen molar-refractivity contribution in [3.63, 3.8) is 0 Å². The van der Waals surface area contributed by atoms with Crippen molar-refractivity contribution in [2.45, 2.75) is 6.92 Å². The molecule has 2 aromatic rings. The number of thiocarbonyl (C=S) groups is 1. The molecule has 0 bridgehead atoms. The van der Waals surface area contributed by atoms with E-state index >= 15 is 0 Å². The molecule has 7 heteroatoms. The fourth-order valence-electron chi connectivity index (χ4n) is 1.02. The summed E-state index contributed by atoms with van der Waals surface area (Å²) in [4.78, 5) is 4.29. The van der Waals surface area contributed by atoms with E-state index in [9.17, 15) is 0 Å². The molecule has 0 atom stereocenters. The first kappa shape index (κ1) is 9.22. The monoisotopic (exact) mass is 225 g/mol. The minimum absolute atomic E-state index is 0.253. The van der Waals surface area contributed by atoms with E-state index < -0.39 is 0 Å². The van der Waals surface area contributed by atoms with Gasteiger partial charge in [-0.1, -0.05) is 23.6 Å². The maximum absolute atomic E-state index is 5.51. The van der Waals surface area contributed by atoms with E-state index in [1.165, 1.54) is 11.3 Å². The van der Waals surface area contributed by atoms with Gasteiger partial charge in [0.15, 0.2) is 5.82 Å². The lowest BCUT2D eigenvalue weighted by Crippen LogP contribution is -2.15. The predicted octanol–water partition coefficient (Wildman–Crippen LogP) is 0.666. The van der Waals surface area contributed by atoms with Crippen LogP contribution in [-0.4, -0.2) is 24.7 Å². The third kappa shape index (κ3) is 1.51. The molecule has 0 saturated heterocycles. The minimum atomic E-state index is 0.253. The number of imidazole rings is 1. The summed E-state index contributed by atoms with van der Waals surface area (Å²) < 4.78 is 1.73. The van der Waals surface area contributed by atoms with Crippen molar-refractivity contribution < 1.29 is 0 Å². The van der Waals surface area contributed by atoms with Crippen LogP contribution in [0.1, 0.15) is 10.8 Å². The molecular weight excluding hydrogens is 218 g/mol. The van der Waals surface area contributed by atoms with Crippen molar-refractivity contribution >= 4 is 28.5 Å². The lowest BCUT2D eigenvalue weighted by Gasteiger charge is -1.99. The van der Waals surface area contributed by atoms with Crippen LogP contribution in [0.25, 0.3) is 5.13 Å². The van der Waals surface area contributed by atoms with Crippen molar-refractivity contribution in [3.05, 3.63) is 23.2 Å². The molecule has 14 heavy (non-hydrogen) atoms. The quantitative estimate of drug-likeness (QED) is 0.761. The smallest absolute Gasteiger partial charge is 0.218 e. The first-order chi connectivity index (χ1) is 6.68. The zero-order chi connectivity index (χ0) is 10.1. The molecule has 2 aromatic heterocycles. The minimum Gasteiger partial charge on any atom is -0.387 e. The summed E-state index contributed by atoms with van der Waals surface area (Å²) in [5.41, 5.74) is 5.51. The zero-order valence-corrected chi connectivity index (χ0v) is 8.97. The van der Waals surface area contributed by atoms with Crippen LogP contribution in [0.4, 0.5) is 0 Å². The number of nitrogens with zero attached hydrogens (tertiary/aromatic N) is 4. The molecule has 72 valence electrons. The predicted molar refractivity (Wildman–Crippen MR) is 57.7 cm³/mol. The van der Waals surface area contributed by atoms with Gasteiger partial charge in [-0.3, -0.25) is 4.57 Å². The molecule has 0 saturated carbocycles. The molecule has 0 unspecified atom stereocenters. The average Bonchev–Trinajstić information content (AvgIpc) is 2.70. The van der Waals surface area contributed by atoms with Crippen LogP contribution >= 0.6 is 23.6 Å². The number of nitrogens with two attached hydrogens (primary N) is 1. The Bertz CT molecular complexity index is 472. The summed E-state index contributed by atoms with van der Waals surface area (Å²) in [6.07, 6.45) is 3.39. The Kier molecular flexibility index (Phi) is 2.26. The summed E-state index contributed by atoms with van der Waals surface area (Å²) in [6, 6.07) is 0. The molecule has 2 heterocycles. The van der Waals surface area contributed by atoms with Crippen LogP contribution in [-0.2, 0) is 0 Å². The fourth-order valence-corrected chi connectivity index (χ4v) is 1.85. The van der Waals surface area contributed by atoms with Crippen molar-refractivity contribution in [2.75, 3.05) is 0 Å². The Labute approximate surface area is 89.6 Å². The highest BCUT2D eigenvalue weighted by atomic mass is 32.1. The topological polar surface area (TPSA) is 69.6 Å². The molecule has 0 aliphatic rings. The highest BCUT2D eigenvalue weighted by Gasteiger charge is 2.10. The summed E-state index contributed by atoms with van der Waals surface area (Å²) in [5.74, 6) is 0.538. The van der Waals surface area contributed by atoms with Crippen molar-refractivity contribution in [1.82, 2.24) is 19.7 Å². The number of aromatic nitrogens is 4. The highest BCUT2D eigenvalue weighted by molar-refractivity contribution is 7.80. The third-order valence-electron chi connectivity index (χ3n) is 1.58. The summed E-state index contributed by atoms with van der Waals surface area (Å²) in [5, 5.41) is 9.50. The van der Waals surface area contributed by atoms with Gasteiger partial charge >= 0.3 is 0 Å². The van der Waals surface area contributed by atoms with Gasteiger partial charge in [-0.2, -0.15) is 0 Å². The Hall–Kier alpha value is -1.34. The van der Waals surface area contributed by atoms with Crippen LogP contribution in [0.3, 0.4) is 0 Å². The molecule has 0 aromatic carbocycles. The molecule has 5 nitrogen and oxygen atoms in total. The van der Waals surface area contributed by atoms with Gasteiger partial charge in [0, 0.05) is 12.4 Å². The second kappa shape index (κ2) is 3.43. The molecular formula is C7H7N5S2. The van der Waals surface area contributed by atoms with E-state index in [0.717, 1.165) is 10.1 Å². The van der Waals surface area contributed by atoms with E-state index in [0.29, 0.717) is 5.82 Å². The number of aryl methyl sites for hydroxylation is 1. The van der Waals surface area contributed by atoms with E-state index in [2.05, 4.69) is 15.2 Å². The largest absolute Gasteiger partial charge is 0.387 e. The van der Waals surface area contributed by atoms with E-state index in [1.54, 1.807) is 17.0 Å². The van der Waals surface area contributed by atoms with Gasteiger partial charge in [0.05, 0.1) is 0 Å². The Balaban J connectivity index is 2.51. The fraction of sp³-hybridized carbons (Fsp3) is 0.143. The maximum atomic E-state index is 5.51. The van der Waals surface area contributed by atoms with Gasteiger partial charge in [0.2, 0.25) is 5.13 Å². The Morgan fingerprint density at radius 1 is 1.57 bits per heavy atom. The van der Waals surface area contributed by atoms with Crippen molar-refractivity contribution in [3.8, 4) is 5.13 Å². The Morgan fingerprint density at radius 3 is 2.93 bits per heavy atom. The number of rotatable bonds is 2. The van der Waals surface area contributed by atoms with Gasteiger partial charge < -0.3 is 5.73 Å². The van der Waals surface area contributed by atoms with Crippen molar-refractivity contribution in [2.24, 2.45) is 5.73 Å². The van der Waals surface area contributed by atoms with E-state index in [1.807, 2.05) is 6.92 Å². The molecule has 0 amide bonds. The van der Waals surface area contributed by atoms with Crippen molar-refractivity contribution in [1.29, 1.82) is 0 Å². The number of hydrogen-bond donors (Lipinski definition) is 1. The van der Waals surface area contributed by atoms with Crippen LogP contribution in [0.2, 0.25) is 0 Å². The van der Waals surface area contributed by atoms with Gasteiger partial charge in [-0.25, -0.2) is 4.98 Å². The molecule has 0 aliphatic carbocycles. The lowest BCUT2D eigenvalue weighted by atomic mass is 10.6. The molecule has 2 rings (SSSR count). The van der Waals surface area contributed by atoms with Crippen LogP contribution in [0.5, 0.6) is 0 Å². The highest BCUT2D eigenvalue weighted by Crippen LogP contribution is 2.15. The van der Waals surface area contributed by atoms with E-state index in [-0.39, 0.29) is 4.99 Å². The van der Waals surface area contributed by atoms with Crippen LogP contribution < -0.4 is 5.73 Å². The summed E-state index contributed by atoms with van der Waals surface area (Å²) >= 11 is 6.32. The lowest BCUT2D eigenvalue weighted by molar-refractivity contribution is 0.943. The van der Waals surface area contributed by atoms with Gasteiger partial charge in [-0.05, 0) is 6.92 Å². The molecule has 0 radical (unpaired) electrons. The first-order valence-corrected chi connectivity index (χ1v) is 5.04. The van der Waals surface area contributed by atoms with E-state index in [4.69, 9.17) is 18.0 Å². The van der Waals surface area contributed by atoms with Crippen LogP contribution in [0.15, 0.2) is 12.4 Å². The maximum Gasteiger partial charge on any atom is 0.218 e. The van der Waals surface area contributed by atoms with Gasteiger partial charge in [-0.15, -0.1) is 10.2 Å². The molecule has 0 aliphatic heterocycles. The first-order valence-electron chi connectivity index (χ1n) is 3.82. The Morgan fingerprint density at radius 2 is 2.36 bits per heavy atom. The second-order valence-electron chi connectivity index (χ2n) is 2.59. The molecule has 0 fully saturated rings. The summed E-state index contributed by atoms with van der Waals surface area (Å²) in [7, 11) is 0. The van der Waals surface area contributed by atoms with Gasteiger partial charge in [0.25, 0.3) is 0 Å². The van der Waals surface area contributed by atoms with Crippen LogP contribution in [0, 0.1) is 6.92 Å². The number of hydrogen-bond acceptors (Lipinski definition) is 5. The summed E-state index contributed by atoms with van der Waals surface area (Å²) in [6.45, 7) is 1.89. The molecule has 2 N–H and O–H groups in total.